The number of esters is 1. The van der Waals surface area contributed by atoms with Crippen molar-refractivity contribution < 1.29 is 32.6 Å². The molecule has 1 heterocycles. The second-order valence-corrected chi connectivity index (χ2v) is 6.41. The Morgan fingerprint density at radius 2 is 1.96 bits per heavy atom. The Bertz CT molecular complexity index is 668. The summed E-state index contributed by atoms with van der Waals surface area (Å²) in [5, 5.41) is 12.7. The number of hydrogen-bond donors (Lipinski definition) is 2. The molecule has 2 amide bonds. The van der Waals surface area contributed by atoms with Crippen LogP contribution in [-0.2, 0) is 9.53 Å². The maximum absolute atomic E-state index is 13.7. The van der Waals surface area contributed by atoms with Crippen molar-refractivity contribution >= 4 is 27.9 Å². The molecule has 0 spiro atoms. The highest BCUT2D eigenvalue weighted by Gasteiger charge is 2.69. The Morgan fingerprint density at radius 3 is 2.44 bits per heavy atom. The fourth-order valence-corrected chi connectivity index (χ4v) is 3.02. The van der Waals surface area contributed by atoms with Crippen LogP contribution < -0.4 is 5.32 Å². The van der Waals surface area contributed by atoms with Gasteiger partial charge in [0.25, 0.3) is 5.72 Å². The van der Waals surface area contributed by atoms with Crippen molar-refractivity contribution in [3.8, 4) is 0 Å². The van der Waals surface area contributed by atoms with Gasteiger partial charge in [-0.25, -0.2) is 4.79 Å². The molecule has 0 bridgehead atoms. The average Bonchev–Trinajstić information content (AvgIpc) is 2.52. The summed E-state index contributed by atoms with van der Waals surface area (Å²) in [6, 6.07) is 3.42. The molecule has 10 heteroatoms. The Morgan fingerprint density at radius 1 is 1.40 bits per heavy atom. The number of nitrogens with zero attached hydrogens (tertiary/aromatic N) is 1. The number of nitrogens with one attached hydrogen (secondary N) is 1. The van der Waals surface area contributed by atoms with Crippen molar-refractivity contribution in [2.24, 2.45) is 5.92 Å². The third-order valence-electron chi connectivity index (χ3n) is 4.05. The number of amides is 2. The Kier molecular flexibility index (Phi) is 5.33. The van der Waals surface area contributed by atoms with Gasteiger partial charge in [-0.15, -0.1) is 0 Å². The Labute approximate surface area is 150 Å². The van der Waals surface area contributed by atoms with Gasteiger partial charge < -0.3 is 15.2 Å². The maximum Gasteiger partial charge on any atom is 0.437 e. The number of aliphatic hydroxyl groups is 1. The molecule has 1 aromatic rings. The quantitative estimate of drug-likeness (QED) is 0.730. The van der Waals surface area contributed by atoms with Crippen LogP contribution in [0.2, 0.25) is 0 Å². The number of carbonyl (C=O) groups excluding carboxylic acids is 2. The van der Waals surface area contributed by atoms with E-state index >= 15 is 0 Å². The summed E-state index contributed by atoms with van der Waals surface area (Å²) in [6.07, 6.45) is -5.27. The van der Waals surface area contributed by atoms with Crippen LogP contribution in [0.4, 0.5) is 18.0 Å². The van der Waals surface area contributed by atoms with Gasteiger partial charge in [0.1, 0.15) is 5.92 Å². The van der Waals surface area contributed by atoms with E-state index in [1.807, 2.05) is 0 Å². The minimum absolute atomic E-state index is 0.0734. The first-order chi connectivity index (χ1) is 11.5. The minimum Gasteiger partial charge on any atom is -0.466 e. The molecule has 1 aromatic carbocycles. The lowest BCUT2D eigenvalue weighted by molar-refractivity contribution is -0.328. The Balaban J connectivity index is 2.62. The molecule has 2 N–H and O–H groups in total. The van der Waals surface area contributed by atoms with E-state index < -0.39 is 35.9 Å². The molecule has 1 saturated heterocycles. The van der Waals surface area contributed by atoms with E-state index in [1.54, 1.807) is 12.1 Å². The van der Waals surface area contributed by atoms with E-state index in [2.05, 4.69) is 21.2 Å². The van der Waals surface area contributed by atoms with Gasteiger partial charge in [0.15, 0.2) is 0 Å². The molecule has 0 radical (unpaired) electrons. The topological polar surface area (TPSA) is 78.9 Å². The van der Waals surface area contributed by atoms with Crippen molar-refractivity contribution in [2.45, 2.75) is 24.9 Å². The van der Waals surface area contributed by atoms with Gasteiger partial charge in [0.2, 0.25) is 0 Å². The number of benzene rings is 1. The molecular formula is C15H16BrF3N2O4. The van der Waals surface area contributed by atoms with Gasteiger partial charge in [0.05, 0.1) is 12.6 Å². The molecular weight excluding hydrogens is 409 g/mol. The Hall–Kier alpha value is -1.81. The summed E-state index contributed by atoms with van der Waals surface area (Å²) in [4.78, 5) is 24.4. The predicted molar refractivity (Wildman–Crippen MR) is 84.3 cm³/mol. The van der Waals surface area contributed by atoms with Crippen LogP contribution in [-0.4, -0.2) is 47.6 Å². The van der Waals surface area contributed by atoms with E-state index in [0.29, 0.717) is 4.47 Å². The van der Waals surface area contributed by atoms with E-state index in [-0.39, 0.29) is 17.1 Å². The number of ether oxygens (including phenoxy) is 1. The van der Waals surface area contributed by atoms with E-state index in [9.17, 15) is 27.9 Å². The van der Waals surface area contributed by atoms with Gasteiger partial charge >= 0.3 is 18.2 Å². The highest BCUT2D eigenvalue weighted by Crippen LogP contribution is 2.46. The predicted octanol–water partition coefficient (Wildman–Crippen LogP) is 2.58. The summed E-state index contributed by atoms with van der Waals surface area (Å²) in [7, 11) is 0.771. The zero-order valence-electron chi connectivity index (χ0n) is 13.3. The highest BCUT2D eigenvalue weighted by molar-refractivity contribution is 9.10. The van der Waals surface area contributed by atoms with Gasteiger partial charge in [0, 0.05) is 11.5 Å². The van der Waals surface area contributed by atoms with E-state index in [1.165, 1.54) is 19.1 Å². The fourth-order valence-electron chi connectivity index (χ4n) is 2.75. The zero-order valence-corrected chi connectivity index (χ0v) is 14.9. The van der Waals surface area contributed by atoms with Crippen LogP contribution in [0.15, 0.2) is 28.7 Å². The third-order valence-corrected chi connectivity index (χ3v) is 4.58. The normalized spacial score (nSPS) is 27.0. The molecule has 0 unspecified atom stereocenters. The number of halogens is 4. The van der Waals surface area contributed by atoms with Crippen LogP contribution in [0.25, 0.3) is 0 Å². The maximum atomic E-state index is 13.7. The fraction of sp³-hybridized carbons (Fsp3) is 0.467. The number of urea groups is 1. The van der Waals surface area contributed by atoms with Gasteiger partial charge in [-0.3, -0.25) is 9.69 Å². The van der Waals surface area contributed by atoms with Crippen LogP contribution in [0, 0.1) is 5.92 Å². The summed E-state index contributed by atoms with van der Waals surface area (Å²) in [5.74, 6) is -3.36. The number of carbonyl (C=O) groups is 2. The summed E-state index contributed by atoms with van der Waals surface area (Å²) in [5.41, 5.74) is -3.48. The van der Waals surface area contributed by atoms with Gasteiger partial charge in [-0.05, 0) is 24.6 Å². The zero-order chi connectivity index (χ0) is 19.0. The molecule has 2 rings (SSSR count). The van der Waals surface area contributed by atoms with Crippen molar-refractivity contribution in [3.05, 3.63) is 34.3 Å². The third kappa shape index (κ3) is 3.32. The summed E-state index contributed by atoms with van der Waals surface area (Å²) in [6.45, 7) is 1.26. The lowest BCUT2D eigenvalue weighted by Gasteiger charge is -2.49. The SMILES string of the molecule is CCOC(=O)[C@@H]1[C@@H](c2ccc(Br)cc2)NC(=O)N(C)[C@]1(O)C(F)(F)F. The standard InChI is InChI=1S/C15H16BrF3N2O4/c1-3-25-12(22)10-11(8-4-6-9(16)7-5-8)20-13(23)21(2)14(10,24)15(17,18)19/h4-7,10-11,24H,3H2,1-2H3,(H,20,23)/t10-,11+,14+/m0/s1. The molecule has 25 heavy (non-hydrogen) atoms. The second-order valence-electron chi connectivity index (χ2n) is 5.49. The highest BCUT2D eigenvalue weighted by atomic mass is 79.9. The summed E-state index contributed by atoms with van der Waals surface area (Å²) < 4.78 is 46.4. The van der Waals surface area contributed by atoms with Crippen molar-refractivity contribution in [1.82, 2.24) is 10.2 Å². The lowest BCUT2D eigenvalue weighted by Crippen LogP contribution is -2.73. The van der Waals surface area contributed by atoms with Crippen molar-refractivity contribution in [3.63, 3.8) is 0 Å². The first-order valence-electron chi connectivity index (χ1n) is 7.29. The second kappa shape index (κ2) is 6.83. The molecule has 0 saturated carbocycles. The molecule has 1 aliphatic heterocycles. The number of alkyl halides is 3. The van der Waals surface area contributed by atoms with Crippen LogP contribution in [0.3, 0.4) is 0 Å². The monoisotopic (exact) mass is 424 g/mol. The van der Waals surface area contributed by atoms with Crippen molar-refractivity contribution in [2.75, 3.05) is 13.7 Å². The van der Waals surface area contributed by atoms with Crippen molar-refractivity contribution in [1.29, 1.82) is 0 Å². The smallest absolute Gasteiger partial charge is 0.437 e. The minimum atomic E-state index is -5.27. The number of rotatable bonds is 3. The molecule has 1 aliphatic rings. The first-order valence-corrected chi connectivity index (χ1v) is 8.08. The van der Waals surface area contributed by atoms with Crippen LogP contribution in [0.1, 0.15) is 18.5 Å². The lowest BCUT2D eigenvalue weighted by atomic mass is 9.81. The summed E-state index contributed by atoms with van der Waals surface area (Å²) >= 11 is 3.20. The average molecular weight is 425 g/mol. The molecule has 0 aliphatic carbocycles. The van der Waals surface area contributed by atoms with Gasteiger partial charge in [-0.2, -0.15) is 13.2 Å². The number of hydrogen-bond acceptors (Lipinski definition) is 4. The largest absolute Gasteiger partial charge is 0.466 e. The molecule has 138 valence electrons. The van der Waals surface area contributed by atoms with Crippen LogP contribution >= 0.6 is 15.9 Å². The molecule has 3 atom stereocenters. The van der Waals surface area contributed by atoms with Crippen LogP contribution in [0.5, 0.6) is 0 Å². The molecule has 0 aromatic heterocycles. The molecule has 1 fully saturated rings. The van der Waals surface area contributed by atoms with E-state index in [0.717, 1.165) is 7.05 Å². The van der Waals surface area contributed by atoms with Gasteiger partial charge in [-0.1, -0.05) is 28.1 Å². The molecule has 6 nitrogen and oxygen atoms in total. The first kappa shape index (κ1) is 19.5. The van der Waals surface area contributed by atoms with E-state index in [4.69, 9.17) is 4.74 Å².